The van der Waals surface area contributed by atoms with Crippen LogP contribution in [-0.4, -0.2) is 43.7 Å². The summed E-state index contributed by atoms with van der Waals surface area (Å²) in [7, 11) is 1.17. The number of nitro groups is 1. The summed E-state index contributed by atoms with van der Waals surface area (Å²) in [5, 5.41) is 14.0. The van der Waals surface area contributed by atoms with E-state index in [2.05, 4.69) is 10.1 Å². The number of methoxy groups -OCH3 is 1. The average molecular weight is 416 g/mol. The van der Waals surface area contributed by atoms with Crippen molar-refractivity contribution in [3.63, 3.8) is 0 Å². The minimum absolute atomic E-state index is 0.00762. The van der Waals surface area contributed by atoms with E-state index >= 15 is 0 Å². The molecule has 1 heterocycles. The molecule has 1 atom stereocenters. The Balaban J connectivity index is 1.63. The molecular weight excluding hydrogens is 396 g/mol. The Bertz CT molecular complexity index is 975. The Kier molecular flexibility index (Phi) is 6.35. The largest absolute Gasteiger partial charge is 0.486 e. The predicted molar refractivity (Wildman–Crippen MR) is 104 cm³/mol. The number of benzene rings is 2. The van der Waals surface area contributed by atoms with Crippen LogP contribution in [0.4, 0.5) is 5.69 Å². The van der Waals surface area contributed by atoms with Crippen molar-refractivity contribution in [1.29, 1.82) is 0 Å². The van der Waals surface area contributed by atoms with Crippen molar-refractivity contribution in [2.45, 2.75) is 13.0 Å². The van der Waals surface area contributed by atoms with E-state index in [1.807, 2.05) is 6.07 Å². The van der Waals surface area contributed by atoms with Crippen molar-refractivity contribution in [3.8, 4) is 17.2 Å². The minimum Gasteiger partial charge on any atom is -0.486 e. The molecule has 2 aromatic carbocycles. The summed E-state index contributed by atoms with van der Waals surface area (Å²) in [6.07, 6.45) is 0. The highest BCUT2D eigenvalue weighted by Crippen LogP contribution is 2.32. The van der Waals surface area contributed by atoms with Crippen molar-refractivity contribution in [1.82, 2.24) is 5.32 Å². The van der Waals surface area contributed by atoms with Crippen LogP contribution in [0.1, 0.15) is 28.9 Å². The quantitative estimate of drug-likeness (QED) is 0.414. The zero-order chi connectivity index (χ0) is 21.7. The molecule has 1 aliphatic rings. The van der Waals surface area contributed by atoms with E-state index in [4.69, 9.17) is 14.2 Å². The predicted octanol–water partition coefficient (Wildman–Crippen LogP) is 2.41. The van der Waals surface area contributed by atoms with Gasteiger partial charge in [0.15, 0.2) is 23.9 Å². The third-order valence-corrected chi connectivity index (χ3v) is 4.38. The van der Waals surface area contributed by atoms with Gasteiger partial charge < -0.3 is 24.3 Å². The maximum Gasteiger partial charge on any atom is 0.338 e. The SMILES string of the molecule is COC(=O)c1ccc(OCC(=O)N[C@@H](C)c2ccc3c(c2)OCCO3)c([N+](=O)[O-])c1. The Hall–Kier alpha value is -3.82. The van der Waals surface area contributed by atoms with E-state index in [9.17, 15) is 19.7 Å². The third kappa shape index (κ3) is 4.77. The fraction of sp³-hybridized carbons (Fsp3) is 0.300. The van der Waals surface area contributed by atoms with Gasteiger partial charge in [0.25, 0.3) is 5.91 Å². The van der Waals surface area contributed by atoms with Crippen molar-refractivity contribution < 1.29 is 33.5 Å². The molecule has 0 fully saturated rings. The number of nitrogens with zero attached hydrogens (tertiary/aromatic N) is 1. The van der Waals surface area contributed by atoms with E-state index in [1.54, 1.807) is 19.1 Å². The summed E-state index contributed by atoms with van der Waals surface area (Å²) < 4.78 is 20.9. The normalized spacial score (nSPS) is 13.1. The smallest absolute Gasteiger partial charge is 0.338 e. The van der Waals surface area contributed by atoms with Gasteiger partial charge in [-0.2, -0.15) is 0 Å². The number of hydrogen-bond acceptors (Lipinski definition) is 8. The first kappa shape index (κ1) is 20.9. The lowest BCUT2D eigenvalue weighted by molar-refractivity contribution is -0.385. The van der Waals surface area contributed by atoms with Crippen LogP contribution >= 0.6 is 0 Å². The van der Waals surface area contributed by atoms with Crippen LogP contribution < -0.4 is 19.5 Å². The molecular formula is C20H20N2O8. The molecule has 1 aliphatic heterocycles. The topological polar surface area (TPSA) is 126 Å². The number of fused-ring (bicyclic) bond motifs is 1. The van der Waals surface area contributed by atoms with Gasteiger partial charge in [0.1, 0.15) is 13.2 Å². The Morgan fingerprint density at radius 1 is 1.17 bits per heavy atom. The average Bonchev–Trinajstić information content (AvgIpc) is 2.76. The van der Waals surface area contributed by atoms with Crippen LogP contribution in [0.3, 0.4) is 0 Å². The first-order valence-electron chi connectivity index (χ1n) is 9.07. The van der Waals surface area contributed by atoms with Gasteiger partial charge in [-0.1, -0.05) is 6.07 Å². The monoisotopic (exact) mass is 416 g/mol. The minimum atomic E-state index is -0.712. The number of amides is 1. The van der Waals surface area contributed by atoms with Gasteiger partial charge in [-0.25, -0.2) is 4.79 Å². The molecule has 3 rings (SSSR count). The van der Waals surface area contributed by atoms with E-state index in [1.165, 1.54) is 19.2 Å². The molecule has 10 heteroatoms. The van der Waals surface area contributed by atoms with Gasteiger partial charge >= 0.3 is 11.7 Å². The fourth-order valence-electron chi connectivity index (χ4n) is 2.87. The number of hydrogen-bond donors (Lipinski definition) is 1. The second-order valence-corrected chi connectivity index (χ2v) is 6.41. The van der Waals surface area contributed by atoms with Crippen LogP contribution in [0.15, 0.2) is 36.4 Å². The molecule has 0 aliphatic carbocycles. The number of ether oxygens (including phenoxy) is 4. The van der Waals surface area contributed by atoms with E-state index < -0.39 is 29.1 Å². The lowest BCUT2D eigenvalue weighted by Crippen LogP contribution is -2.31. The molecule has 0 bridgehead atoms. The second kappa shape index (κ2) is 9.12. The summed E-state index contributed by atoms with van der Waals surface area (Å²) in [5.41, 5.74) is 0.375. The van der Waals surface area contributed by atoms with Crippen molar-refractivity contribution in [3.05, 3.63) is 57.6 Å². The van der Waals surface area contributed by atoms with E-state index in [0.717, 1.165) is 11.6 Å². The van der Waals surface area contributed by atoms with Crippen LogP contribution in [0, 0.1) is 10.1 Å². The zero-order valence-corrected chi connectivity index (χ0v) is 16.4. The van der Waals surface area contributed by atoms with Gasteiger partial charge in [-0.05, 0) is 36.8 Å². The fourth-order valence-corrected chi connectivity index (χ4v) is 2.87. The number of nitro benzene ring substituents is 1. The summed E-state index contributed by atoms with van der Waals surface area (Å²) in [5.74, 6) is -0.0545. The standard InChI is InChI=1S/C20H20N2O8/c1-12(13-3-6-17-18(10-13)29-8-7-28-17)21-19(23)11-30-16-5-4-14(20(24)27-2)9-15(16)22(25)26/h3-6,9-10,12H,7-8,11H2,1-2H3,(H,21,23)/t12-/m0/s1. The lowest BCUT2D eigenvalue weighted by Gasteiger charge is -2.21. The summed E-state index contributed by atoms with van der Waals surface area (Å²) >= 11 is 0. The molecule has 0 saturated heterocycles. The number of nitrogens with one attached hydrogen (secondary N) is 1. The van der Waals surface area contributed by atoms with Crippen molar-refractivity contribution >= 4 is 17.6 Å². The van der Waals surface area contributed by atoms with Gasteiger partial charge in [0.05, 0.1) is 23.6 Å². The molecule has 0 saturated carbocycles. The number of esters is 1. The second-order valence-electron chi connectivity index (χ2n) is 6.41. The van der Waals surface area contributed by atoms with Crippen LogP contribution in [0.5, 0.6) is 17.2 Å². The van der Waals surface area contributed by atoms with Crippen LogP contribution in [0.25, 0.3) is 0 Å². The number of carbonyl (C=O) groups is 2. The third-order valence-electron chi connectivity index (χ3n) is 4.38. The van der Waals surface area contributed by atoms with Crippen LogP contribution in [-0.2, 0) is 9.53 Å². The van der Waals surface area contributed by atoms with Gasteiger partial charge in [0, 0.05) is 6.07 Å². The highest BCUT2D eigenvalue weighted by molar-refractivity contribution is 5.90. The van der Waals surface area contributed by atoms with Crippen molar-refractivity contribution in [2.24, 2.45) is 0 Å². The first-order valence-corrected chi connectivity index (χ1v) is 9.07. The Morgan fingerprint density at radius 3 is 2.60 bits per heavy atom. The molecule has 0 aromatic heterocycles. The van der Waals surface area contributed by atoms with Crippen molar-refractivity contribution in [2.75, 3.05) is 26.9 Å². The number of rotatable bonds is 7. The lowest BCUT2D eigenvalue weighted by atomic mass is 10.1. The molecule has 0 spiro atoms. The molecule has 158 valence electrons. The summed E-state index contributed by atoms with van der Waals surface area (Å²) in [6.45, 7) is 2.30. The summed E-state index contributed by atoms with van der Waals surface area (Å²) in [6, 6.07) is 8.64. The maximum absolute atomic E-state index is 12.3. The molecule has 0 unspecified atom stereocenters. The maximum atomic E-state index is 12.3. The summed E-state index contributed by atoms with van der Waals surface area (Å²) in [4.78, 5) is 34.4. The molecule has 30 heavy (non-hydrogen) atoms. The van der Waals surface area contributed by atoms with Gasteiger partial charge in [0.2, 0.25) is 0 Å². The highest BCUT2D eigenvalue weighted by atomic mass is 16.6. The Morgan fingerprint density at radius 2 is 1.90 bits per heavy atom. The number of carbonyl (C=O) groups excluding carboxylic acids is 2. The van der Waals surface area contributed by atoms with Gasteiger partial charge in [-0.3, -0.25) is 14.9 Å². The zero-order valence-electron chi connectivity index (χ0n) is 16.4. The molecule has 2 aromatic rings. The molecule has 10 nitrogen and oxygen atoms in total. The van der Waals surface area contributed by atoms with Gasteiger partial charge in [-0.15, -0.1) is 0 Å². The molecule has 0 radical (unpaired) electrons. The Labute approximate surface area is 171 Å². The first-order chi connectivity index (χ1) is 14.4. The van der Waals surface area contributed by atoms with Crippen LogP contribution in [0.2, 0.25) is 0 Å². The highest BCUT2D eigenvalue weighted by Gasteiger charge is 2.21. The molecule has 1 N–H and O–H groups in total. The van der Waals surface area contributed by atoms with E-state index in [-0.39, 0.29) is 17.4 Å². The molecule has 1 amide bonds. The van der Waals surface area contributed by atoms with E-state index in [0.29, 0.717) is 24.7 Å².